The number of fused-ring (bicyclic) bond motifs is 1. The fourth-order valence-corrected chi connectivity index (χ4v) is 1.32. The molecule has 0 atom stereocenters. The Kier molecular flexibility index (Phi) is 1.15. The maximum atomic E-state index is 9.37. The quantitative estimate of drug-likeness (QED) is 0.567. The Bertz CT molecular complexity index is 353. The molecule has 0 aliphatic rings. The molecule has 0 saturated heterocycles. The highest BCUT2D eigenvalue weighted by Gasteiger charge is 2.01. The number of hydrogen-bond donors (Lipinski definition) is 1. The lowest BCUT2D eigenvalue weighted by Gasteiger charge is -1.91. The molecule has 0 spiro atoms. The summed E-state index contributed by atoms with van der Waals surface area (Å²) in [5.74, 6) is 0.350. The molecule has 1 heterocycles. The molecule has 0 aliphatic heterocycles. The minimum absolute atomic E-state index is 0.350. The van der Waals surface area contributed by atoms with Crippen LogP contribution in [0.3, 0.4) is 0 Å². The number of aromatic nitrogens is 1. The molecule has 2 aromatic rings. The van der Waals surface area contributed by atoms with Gasteiger partial charge in [-0.15, -0.1) is 0 Å². The molecule has 11 heavy (non-hydrogen) atoms. The SMILES string of the molecule is [13CH3]n1cc(O)c2ccccc21. The fraction of sp³-hybridized carbons (Fsp3) is 0.111. The third-order valence-electron chi connectivity index (χ3n) is 1.88. The van der Waals surface area contributed by atoms with Crippen LogP contribution in [0.1, 0.15) is 0 Å². The Labute approximate surface area is 64.7 Å². The first-order chi connectivity index (χ1) is 5.29. The van der Waals surface area contributed by atoms with E-state index < -0.39 is 0 Å². The van der Waals surface area contributed by atoms with Crippen molar-refractivity contribution in [1.29, 1.82) is 0 Å². The minimum Gasteiger partial charge on any atom is -0.506 e. The van der Waals surface area contributed by atoms with E-state index in [0.717, 1.165) is 10.9 Å². The van der Waals surface area contributed by atoms with E-state index in [1.807, 2.05) is 35.9 Å². The smallest absolute Gasteiger partial charge is 0.141 e. The molecule has 2 rings (SSSR count). The van der Waals surface area contributed by atoms with Crippen LogP contribution in [0.4, 0.5) is 0 Å². The van der Waals surface area contributed by atoms with Gasteiger partial charge in [-0.1, -0.05) is 12.1 Å². The summed E-state index contributed by atoms with van der Waals surface area (Å²) in [7, 11) is 1.92. The van der Waals surface area contributed by atoms with E-state index in [0.29, 0.717) is 5.75 Å². The van der Waals surface area contributed by atoms with Crippen LogP contribution in [0.15, 0.2) is 30.5 Å². The van der Waals surface area contributed by atoms with Gasteiger partial charge in [-0.2, -0.15) is 0 Å². The molecule has 1 aromatic carbocycles. The Morgan fingerprint density at radius 3 is 2.73 bits per heavy atom. The largest absolute Gasteiger partial charge is 0.506 e. The molecule has 0 radical (unpaired) electrons. The maximum Gasteiger partial charge on any atom is 0.141 e. The molecular weight excluding hydrogens is 139 g/mol. The summed E-state index contributed by atoms with van der Waals surface area (Å²) in [5, 5.41) is 10.3. The molecule has 1 aromatic heterocycles. The lowest BCUT2D eigenvalue weighted by atomic mass is 10.2. The van der Waals surface area contributed by atoms with Crippen LogP contribution >= 0.6 is 0 Å². The van der Waals surface area contributed by atoms with E-state index in [4.69, 9.17) is 0 Å². The first kappa shape index (κ1) is 6.28. The van der Waals surface area contributed by atoms with Gasteiger partial charge < -0.3 is 9.67 Å². The summed E-state index contributed by atoms with van der Waals surface area (Å²) in [5.41, 5.74) is 1.06. The van der Waals surface area contributed by atoms with E-state index >= 15 is 0 Å². The highest BCUT2D eigenvalue weighted by molar-refractivity contribution is 5.86. The van der Waals surface area contributed by atoms with Crippen molar-refractivity contribution in [2.24, 2.45) is 7.05 Å². The average Bonchev–Trinajstić information content (AvgIpc) is 2.30. The van der Waals surface area contributed by atoms with Crippen molar-refractivity contribution in [2.45, 2.75) is 0 Å². The standard InChI is InChI=1S/C9H9NO/c1-10-6-9(11)7-4-2-3-5-8(7)10/h2-6,11H,1H3/i1+1. The van der Waals surface area contributed by atoms with Crippen LogP contribution in [0.5, 0.6) is 5.75 Å². The van der Waals surface area contributed by atoms with Gasteiger partial charge in [0.2, 0.25) is 0 Å². The summed E-state index contributed by atoms with van der Waals surface area (Å²) < 4.78 is 1.91. The number of benzene rings is 1. The first-order valence-electron chi connectivity index (χ1n) is 3.52. The van der Waals surface area contributed by atoms with Crippen LogP contribution in [0.2, 0.25) is 0 Å². The van der Waals surface area contributed by atoms with Gasteiger partial charge in [-0.3, -0.25) is 0 Å². The van der Waals surface area contributed by atoms with Crippen LogP contribution in [-0.4, -0.2) is 9.67 Å². The maximum absolute atomic E-state index is 9.37. The topological polar surface area (TPSA) is 25.2 Å². The number of aromatic hydroxyl groups is 1. The Hall–Kier alpha value is -1.44. The zero-order valence-corrected chi connectivity index (χ0v) is 6.28. The lowest BCUT2D eigenvalue weighted by Crippen LogP contribution is -1.81. The summed E-state index contributed by atoms with van der Waals surface area (Å²) in [6.07, 6.45) is 1.71. The predicted octanol–water partition coefficient (Wildman–Crippen LogP) is 1.88. The normalized spacial score (nSPS) is 10.6. The summed E-state index contributed by atoms with van der Waals surface area (Å²) in [6.45, 7) is 0. The fourth-order valence-electron chi connectivity index (χ4n) is 1.32. The highest BCUT2D eigenvalue weighted by atomic mass is 16.3. The van der Waals surface area contributed by atoms with Gasteiger partial charge >= 0.3 is 0 Å². The van der Waals surface area contributed by atoms with E-state index in [2.05, 4.69) is 0 Å². The van der Waals surface area contributed by atoms with Gasteiger partial charge in [0.05, 0.1) is 5.52 Å². The van der Waals surface area contributed by atoms with Crippen LogP contribution in [-0.2, 0) is 7.05 Å². The van der Waals surface area contributed by atoms with Gasteiger partial charge in [0, 0.05) is 18.6 Å². The molecule has 0 aliphatic carbocycles. The Morgan fingerprint density at radius 2 is 2.00 bits per heavy atom. The van der Waals surface area contributed by atoms with Crippen molar-refractivity contribution in [2.75, 3.05) is 0 Å². The second-order valence-electron chi connectivity index (χ2n) is 2.64. The van der Waals surface area contributed by atoms with E-state index in [1.54, 1.807) is 6.20 Å². The molecule has 2 nitrogen and oxygen atoms in total. The molecule has 0 unspecified atom stereocenters. The zero-order valence-electron chi connectivity index (χ0n) is 6.28. The van der Waals surface area contributed by atoms with E-state index in [9.17, 15) is 5.11 Å². The van der Waals surface area contributed by atoms with Crippen molar-refractivity contribution >= 4 is 10.9 Å². The van der Waals surface area contributed by atoms with Gasteiger partial charge in [-0.05, 0) is 12.1 Å². The number of nitrogens with zero attached hydrogens (tertiary/aromatic N) is 1. The van der Waals surface area contributed by atoms with Crippen molar-refractivity contribution in [1.82, 2.24) is 4.57 Å². The third-order valence-corrected chi connectivity index (χ3v) is 1.88. The minimum atomic E-state index is 0.350. The van der Waals surface area contributed by atoms with E-state index in [1.165, 1.54) is 0 Å². The number of aryl methyl sites for hydroxylation is 1. The van der Waals surface area contributed by atoms with E-state index in [-0.39, 0.29) is 0 Å². The summed E-state index contributed by atoms with van der Waals surface area (Å²) in [4.78, 5) is 0. The summed E-state index contributed by atoms with van der Waals surface area (Å²) in [6, 6.07) is 7.77. The molecule has 0 saturated carbocycles. The molecule has 1 N–H and O–H groups in total. The van der Waals surface area contributed by atoms with Crippen LogP contribution < -0.4 is 0 Å². The first-order valence-corrected chi connectivity index (χ1v) is 3.52. The van der Waals surface area contributed by atoms with Gasteiger partial charge in [0.1, 0.15) is 5.75 Å². The lowest BCUT2D eigenvalue weighted by molar-refractivity contribution is 0.479. The van der Waals surface area contributed by atoms with Crippen molar-refractivity contribution < 1.29 is 5.11 Å². The average molecular weight is 148 g/mol. The number of hydrogen-bond acceptors (Lipinski definition) is 1. The second kappa shape index (κ2) is 2.02. The van der Waals surface area contributed by atoms with Gasteiger partial charge in [0.15, 0.2) is 0 Å². The molecule has 56 valence electrons. The molecular formula is C9H9NO. The predicted molar refractivity (Wildman–Crippen MR) is 44.6 cm³/mol. The van der Waals surface area contributed by atoms with Gasteiger partial charge in [0.25, 0.3) is 0 Å². The summed E-state index contributed by atoms with van der Waals surface area (Å²) >= 11 is 0. The third kappa shape index (κ3) is 0.792. The van der Waals surface area contributed by atoms with Crippen LogP contribution in [0, 0.1) is 0 Å². The van der Waals surface area contributed by atoms with Crippen molar-refractivity contribution in [3.8, 4) is 5.75 Å². The van der Waals surface area contributed by atoms with Crippen molar-refractivity contribution in [3.05, 3.63) is 30.5 Å². The van der Waals surface area contributed by atoms with Crippen LogP contribution in [0.25, 0.3) is 10.9 Å². The second-order valence-corrected chi connectivity index (χ2v) is 2.64. The highest BCUT2D eigenvalue weighted by Crippen LogP contribution is 2.24. The monoisotopic (exact) mass is 148 g/mol. The number of para-hydroxylation sites is 1. The van der Waals surface area contributed by atoms with Crippen molar-refractivity contribution in [3.63, 3.8) is 0 Å². The Balaban J connectivity index is 2.95. The molecule has 0 fully saturated rings. The van der Waals surface area contributed by atoms with Gasteiger partial charge in [-0.25, -0.2) is 0 Å². The zero-order chi connectivity index (χ0) is 7.84. The Morgan fingerprint density at radius 1 is 1.27 bits per heavy atom. The molecule has 2 heteroatoms. The molecule has 0 amide bonds. The number of rotatable bonds is 0. The molecule has 0 bridgehead atoms.